The number of nitrogens with one attached hydrogen (secondary N) is 1. The summed E-state index contributed by atoms with van der Waals surface area (Å²) >= 11 is 0. The van der Waals surface area contributed by atoms with E-state index >= 15 is 0 Å². The molecule has 1 aromatic carbocycles. The minimum atomic E-state index is -4.34. The van der Waals surface area contributed by atoms with E-state index in [9.17, 15) is 13.2 Å². The molecule has 6 heteroatoms. The van der Waals surface area contributed by atoms with Crippen LogP contribution in [-0.4, -0.2) is 9.97 Å². The molecule has 1 heterocycles. The molecule has 0 aliphatic heterocycles. The first-order valence-electron chi connectivity index (χ1n) is 6.75. The van der Waals surface area contributed by atoms with Crippen LogP contribution in [0.15, 0.2) is 18.2 Å². The zero-order valence-electron chi connectivity index (χ0n) is 10.9. The van der Waals surface area contributed by atoms with Gasteiger partial charge in [-0.15, -0.1) is 0 Å². The standard InChI is InChI=1S/C14H16F3N3/c15-14(16,17)9-4-5-10-11(8-9)20-12(19-10)13(18)6-2-1-3-7-13/h4-5,8H,1-3,6-7,18H2,(H,19,20). The maximum atomic E-state index is 12.7. The summed E-state index contributed by atoms with van der Waals surface area (Å²) in [5, 5.41) is 0. The van der Waals surface area contributed by atoms with Crippen LogP contribution in [0.2, 0.25) is 0 Å². The summed E-state index contributed by atoms with van der Waals surface area (Å²) in [5.74, 6) is 0.603. The van der Waals surface area contributed by atoms with Crippen LogP contribution < -0.4 is 5.73 Å². The number of aromatic nitrogens is 2. The van der Waals surface area contributed by atoms with Gasteiger partial charge in [-0.1, -0.05) is 19.3 Å². The second-order valence-electron chi connectivity index (χ2n) is 5.53. The monoisotopic (exact) mass is 283 g/mol. The highest BCUT2D eigenvalue weighted by Crippen LogP contribution is 2.35. The highest BCUT2D eigenvalue weighted by molar-refractivity contribution is 5.76. The van der Waals surface area contributed by atoms with Crippen LogP contribution in [0, 0.1) is 0 Å². The molecule has 0 unspecified atom stereocenters. The van der Waals surface area contributed by atoms with E-state index in [0.29, 0.717) is 16.9 Å². The van der Waals surface area contributed by atoms with Gasteiger partial charge in [-0.3, -0.25) is 0 Å². The number of H-pyrrole nitrogens is 1. The fourth-order valence-electron chi connectivity index (χ4n) is 2.84. The van der Waals surface area contributed by atoms with Crippen LogP contribution in [0.5, 0.6) is 0 Å². The smallest absolute Gasteiger partial charge is 0.340 e. The van der Waals surface area contributed by atoms with Gasteiger partial charge in [-0.2, -0.15) is 13.2 Å². The Labute approximate surface area is 114 Å². The van der Waals surface area contributed by atoms with Crippen LogP contribution >= 0.6 is 0 Å². The normalized spacial score (nSPS) is 19.4. The molecule has 0 atom stereocenters. The van der Waals surface area contributed by atoms with Crippen molar-refractivity contribution >= 4 is 11.0 Å². The molecule has 20 heavy (non-hydrogen) atoms. The molecule has 108 valence electrons. The highest BCUT2D eigenvalue weighted by Gasteiger charge is 2.34. The lowest BCUT2D eigenvalue weighted by Gasteiger charge is -2.31. The molecule has 1 aliphatic rings. The number of aromatic amines is 1. The molecule has 0 amide bonds. The van der Waals surface area contributed by atoms with Crippen molar-refractivity contribution in [3.8, 4) is 0 Å². The van der Waals surface area contributed by atoms with Crippen LogP contribution in [0.1, 0.15) is 43.5 Å². The minimum Gasteiger partial charge on any atom is -0.340 e. The molecule has 0 spiro atoms. The van der Waals surface area contributed by atoms with E-state index in [0.717, 1.165) is 44.2 Å². The lowest BCUT2D eigenvalue weighted by Crippen LogP contribution is -2.39. The van der Waals surface area contributed by atoms with E-state index < -0.39 is 17.3 Å². The molecular weight excluding hydrogens is 267 g/mol. The summed E-state index contributed by atoms with van der Waals surface area (Å²) in [5.41, 5.74) is 6.07. The van der Waals surface area contributed by atoms with Crippen molar-refractivity contribution in [3.63, 3.8) is 0 Å². The van der Waals surface area contributed by atoms with Crippen molar-refractivity contribution in [2.45, 2.75) is 43.8 Å². The number of benzene rings is 1. The SMILES string of the molecule is NC1(c2nc3ccc(C(F)(F)F)cc3[nH]2)CCCCC1. The molecule has 3 rings (SSSR count). The van der Waals surface area contributed by atoms with Gasteiger partial charge < -0.3 is 10.7 Å². The van der Waals surface area contributed by atoms with Crippen molar-refractivity contribution < 1.29 is 13.2 Å². The Morgan fingerprint density at radius 3 is 2.50 bits per heavy atom. The van der Waals surface area contributed by atoms with Gasteiger partial charge in [0.25, 0.3) is 0 Å². The fraction of sp³-hybridized carbons (Fsp3) is 0.500. The summed E-state index contributed by atoms with van der Waals surface area (Å²) in [6.07, 6.45) is 0.503. The van der Waals surface area contributed by atoms with Crippen molar-refractivity contribution in [2.75, 3.05) is 0 Å². The van der Waals surface area contributed by atoms with Crippen LogP contribution in [0.3, 0.4) is 0 Å². The average molecular weight is 283 g/mol. The van der Waals surface area contributed by atoms with Gasteiger partial charge in [0.2, 0.25) is 0 Å². The molecule has 0 radical (unpaired) electrons. The molecule has 1 saturated carbocycles. The van der Waals surface area contributed by atoms with Crippen molar-refractivity contribution in [3.05, 3.63) is 29.6 Å². The summed E-state index contributed by atoms with van der Waals surface area (Å²) < 4.78 is 38.1. The first-order chi connectivity index (χ1) is 9.38. The molecule has 1 aliphatic carbocycles. The lowest BCUT2D eigenvalue weighted by atomic mass is 9.82. The summed E-state index contributed by atoms with van der Waals surface area (Å²) in [6, 6.07) is 3.54. The van der Waals surface area contributed by atoms with Gasteiger partial charge >= 0.3 is 6.18 Å². The number of alkyl halides is 3. The van der Waals surface area contributed by atoms with E-state index in [-0.39, 0.29) is 0 Å². The number of imidazole rings is 1. The quantitative estimate of drug-likeness (QED) is 0.838. The number of rotatable bonds is 1. The van der Waals surface area contributed by atoms with Crippen LogP contribution in [-0.2, 0) is 11.7 Å². The van der Waals surface area contributed by atoms with E-state index in [4.69, 9.17) is 5.73 Å². The Hall–Kier alpha value is -1.56. The van der Waals surface area contributed by atoms with Gasteiger partial charge in [-0.05, 0) is 31.0 Å². The molecule has 3 N–H and O–H groups in total. The Morgan fingerprint density at radius 2 is 1.85 bits per heavy atom. The third-order valence-corrected chi connectivity index (χ3v) is 4.03. The van der Waals surface area contributed by atoms with Crippen LogP contribution in [0.4, 0.5) is 13.2 Å². The van der Waals surface area contributed by atoms with E-state index in [1.54, 1.807) is 0 Å². The number of nitrogens with zero attached hydrogens (tertiary/aromatic N) is 1. The Kier molecular flexibility index (Phi) is 3.01. The Morgan fingerprint density at radius 1 is 1.15 bits per heavy atom. The maximum Gasteiger partial charge on any atom is 0.416 e. The molecule has 0 saturated heterocycles. The topological polar surface area (TPSA) is 54.7 Å². The molecule has 1 aromatic heterocycles. The molecule has 2 aromatic rings. The Bertz CT molecular complexity index is 624. The van der Waals surface area contributed by atoms with Gasteiger partial charge in [0.05, 0.1) is 22.1 Å². The predicted molar refractivity (Wildman–Crippen MR) is 70.0 cm³/mol. The van der Waals surface area contributed by atoms with E-state index in [1.165, 1.54) is 6.07 Å². The van der Waals surface area contributed by atoms with Crippen LogP contribution in [0.25, 0.3) is 11.0 Å². The number of halogens is 3. The van der Waals surface area contributed by atoms with Gasteiger partial charge in [0.15, 0.2) is 0 Å². The summed E-state index contributed by atoms with van der Waals surface area (Å²) in [6.45, 7) is 0. The lowest BCUT2D eigenvalue weighted by molar-refractivity contribution is -0.137. The summed E-state index contributed by atoms with van der Waals surface area (Å²) in [4.78, 5) is 7.37. The summed E-state index contributed by atoms with van der Waals surface area (Å²) in [7, 11) is 0. The van der Waals surface area contributed by atoms with Gasteiger partial charge in [0.1, 0.15) is 5.82 Å². The van der Waals surface area contributed by atoms with E-state index in [1.807, 2.05) is 0 Å². The minimum absolute atomic E-state index is 0.394. The van der Waals surface area contributed by atoms with Crippen molar-refractivity contribution in [1.29, 1.82) is 0 Å². The predicted octanol–water partition coefficient (Wildman–Crippen LogP) is 3.70. The number of hydrogen-bond donors (Lipinski definition) is 2. The zero-order chi connectivity index (χ0) is 14.4. The zero-order valence-corrected chi connectivity index (χ0v) is 10.9. The van der Waals surface area contributed by atoms with Gasteiger partial charge in [-0.25, -0.2) is 4.98 Å². The second-order valence-corrected chi connectivity index (χ2v) is 5.53. The number of fused-ring (bicyclic) bond motifs is 1. The van der Waals surface area contributed by atoms with Gasteiger partial charge in [0, 0.05) is 0 Å². The average Bonchev–Trinajstić information content (AvgIpc) is 2.82. The largest absolute Gasteiger partial charge is 0.416 e. The Balaban J connectivity index is 2.02. The van der Waals surface area contributed by atoms with Crippen molar-refractivity contribution in [2.24, 2.45) is 5.73 Å². The first kappa shape index (κ1) is 13.4. The highest BCUT2D eigenvalue weighted by atomic mass is 19.4. The number of hydrogen-bond acceptors (Lipinski definition) is 2. The first-order valence-corrected chi connectivity index (χ1v) is 6.75. The van der Waals surface area contributed by atoms with E-state index in [2.05, 4.69) is 9.97 Å². The molecule has 3 nitrogen and oxygen atoms in total. The number of nitrogens with two attached hydrogens (primary N) is 1. The molecule has 0 bridgehead atoms. The van der Waals surface area contributed by atoms with Crippen molar-refractivity contribution in [1.82, 2.24) is 9.97 Å². The maximum absolute atomic E-state index is 12.7. The second kappa shape index (κ2) is 4.48. The third-order valence-electron chi connectivity index (χ3n) is 4.03. The molecular formula is C14H16F3N3. The third kappa shape index (κ3) is 2.28. The fourth-order valence-corrected chi connectivity index (χ4v) is 2.84. The molecule has 1 fully saturated rings.